The lowest BCUT2D eigenvalue weighted by Crippen LogP contribution is -2.41. The number of primary amides is 1. The molecule has 0 bridgehead atoms. The fourth-order valence-corrected chi connectivity index (χ4v) is 3.11. The average molecular weight is 415 g/mol. The summed E-state index contributed by atoms with van der Waals surface area (Å²) in [7, 11) is 1.53. The maximum atomic E-state index is 14.6. The summed E-state index contributed by atoms with van der Waals surface area (Å²) in [5, 5.41) is 11.2. The third kappa shape index (κ3) is 4.50. The van der Waals surface area contributed by atoms with Crippen LogP contribution in [0.25, 0.3) is 10.9 Å². The highest BCUT2D eigenvalue weighted by Crippen LogP contribution is 2.26. The Kier molecular flexibility index (Phi) is 6.48. The molecular formula is C20H26FN7O2. The number of halogens is 1. The summed E-state index contributed by atoms with van der Waals surface area (Å²) >= 11 is 0. The Morgan fingerprint density at radius 2 is 2.10 bits per heavy atom. The first kappa shape index (κ1) is 21.5. The number of nitrogens with zero attached hydrogens (tertiary/aromatic N) is 3. The van der Waals surface area contributed by atoms with E-state index in [0.29, 0.717) is 5.69 Å². The molecule has 0 spiro atoms. The van der Waals surface area contributed by atoms with Crippen LogP contribution in [0.3, 0.4) is 0 Å². The Hall–Kier alpha value is -3.24. The van der Waals surface area contributed by atoms with Gasteiger partial charge in [-0.3, -0.25) is 9.48 Å². The Labute approximate surface area is 173 Å². The normalized spacial score (nSPS) is 13.2. The van der Waals surface area contributed by atoms with E-state index >= 15 is 0 Å². The lowest BCUT2D eigenvalue weighted by atomic mass is 10.1. The highest BCUT2D eigenvalue weighted by Gasteiger charge is 2.20. The van der Waals surface area contributed by atoms with Crippen molar-refractivity contribution < 1.29 is 13.9 Å². The molecule has 3 aromatic rings. The Morgan fingerprint density at radius 3 is 2.73 bits per heavy atom. The number of ether oxygens (including phenoxy) is 1. The monoisotopic (exact) mass is 415 g/mol. The summed E-state index contributed by atoms with van der Waals surface area (Å²) in [5.74, 6) is -1.43. The molecule has 0 radical (unpaired) electrons. The SMILES string of the molecule is CCn1ncc2cc(Nc3nc(N[C@H](COC)[C@H](C)N)c(F)cc3C(N)=O)ccc21. The van der Waals surface area contributed by atoms with Crippen molar-refractivity contribution in [3.8, 4) is 0 Å². The zero-order valence-corrected chi connectivity index (χ0v) is 17.1. The smallest absolute Gasteiger partial charge is 0.252 e. The number of hydrogen-bond acceptors (Lipinski definition) is 7. The summed E-state index contributed by atoms with van der Waals surface area (Å²) in [6.45, 7) is 4.79. The molecule has 10 heteroatoms. The van der Waals surface area contributed by atoms with Crippen LogP contribution in [0, 0.1) is 5.82 Å². The zero-order valence-electron chi connectivity index (χ0n) is 17.1. The van der Waals surface area contributed by atoms with Crippen LogP contribution in [0.15, 0.2) is 30.5 Å². The van der Waals surface area contributed by atoms with Crippen LogP contribution in [-0.4, -0.2) is 46.5 Å². The number of carbonyl (C=O) groups is 1. The van der Waals surface area contributed by atoms with E-state index in [0.717, 1.165) is 23.5 Å². The Bertz CT molecular complexity index is 1050. The number of benzene rings is 1. The number of fused-ring (bicyclic) bond motifs is 1. The number of pyridine rings is 1. The molecule has 0 fully saturated rings. The second-order valence-corrected chi connectivity index (χ2v) is 7.00. The maximum absolute atomic E-state index is 14.6. The predicted octanol–water partition coefficient (Wildman–Crippen LogP) is 2.21. The fourth-order valence-electron chi connectivity index (χ4n) is 3.11. The second-order valence-electron chi connectivity index (χ2n) is 7.00. The van der Waals surface area contributed by atoms with E-state index in [-0.39, 0.29) is 35.9 Å². The minimum absolute atomic E-state index is 0.0540. The highest BCUT2D eigenvalue weighted by molar-refractivity contribution is 5.99. The summed E-state index contributed by atoms with van der Waals surface area (Å²) in [6.07, 6.45) is 1.75. The van der Waals surface area contributed by atoms with E-state index in [1.165, 1.54) is 7.11 Å². The van der Waals surface area contributed by atoms with Crippen LogP contribution >= 0.6 is 0 Å². The molecule has 0 saturated heterocycles. The van der Waals surface area contributed by atoms with Crippen LogP contribution in [0.2, 0.25) is 0 Å². The minimum atomic E-state index is -0.795. The molecule has 1 aromatic carbocycles. The molecule has 30 heavy (non-hydrogen) atoms. The number of nitrogens with two attached hydrogens (primary N) is 2. The number of amides is 1. The van der Waals surface area contributed by atoms with Crippen molar-refractivity contribution >= 4 is 34.1 Å². The van der Waals surface area contributed by atoms with Crippen LogP contribution in [0.1, 0.15) is 24.2 Å². The maximum Gasteiger partial charge on any atom is 0.252 e. The van der Waals surface area contributed by atoms with Crippen molar-refractivity contribution in [1.29, 1.82) is 0 Å². The molecule has 9 nitrogen and oxygen atoms in total. The number of carbonyl (C=O) groups excluding carboxylic acids is 1. The third-order valence-corrected chi connectivity index (χ3v) is 4.75. The van der Waals surface area contributed by atoms with Crippen molar-refractivity contribution in [2.75, 3.05) is 24.4 Å². The fraction of sp³-hybridized carbons (Fsp3) is 0.350. The molecule has 0 aliphatic carbocycles. The molecule has 0 saturated carbocycles. The van der Waals surface area contributed by atoms with E-state index in [1.807, 2.05) is 29.8 Å². The first-order chi connectivity index (χ1) is 14.3. The number of anilines is 3. The van der Waals surface area contributed by atoms with E-state index in [2.05, 4.69) is 20.7 Å². The average Bonchev–Trinajstić information content (AvgIpc) is 3.11. The van der Waals surface area contributed by atoms with E-state index in [9.17, 15) is 9.18 Å². The van der Waals surface area contributed by atoms with Gasteiger partial charge in [-0.2, -0.15) is 5.10 Å². The van der Waals surface area contributed by atoms with Gasteiger partial charge in [-0.25, -0.2) is 9.37 Å². The number of aromatic nitrogens is 3. The van der Waals surface area contributed by atoms with Gasteiger partial charge in [-0.1, -0.05) is 0 Å². The first-order valence-corrected chi connectivity index (χ1v) is 9.58. The Balaban J connectivity index is 1.96. The largest absolute Gasteiger partial charge is 0.382 e. The molecule has 6 N–H and O–H groups in total. The van der Waals surface area contributed by atoms with E-state index < -0.39 is 11.7 Å². The van der Waals surface area contributed by atoms with Crippen molar-refractivity contribution in [1.82, 2.24) is 14.8 Å². The van der Waals surface area contributed by atoms with Crippen LogP contribution in [0.4, 0.5) is 21.7 Å². The van der Waals surface area contributed by atoms with Crippen molar-refractivity contribution in [3.05, 3.63) is 41.8 Å². The van der Waals surface area contributed by atoms with Gasteiger partial charge >= 0.3 is 0 Å². The van der Waals surface area contributed by atoms with Crippen LogP contribution in [-0.2, 0) is 11.3 Å². The highest BCUT2D eigenvalue weighted by atomic mass is 19.1. The molecule has 0 aliphatic heterocycles. The Morgan fingerprint density at radius 1 is 1.33 bits per heavy atom. The lowest BCUT2D eigenvalue weighted by Gasteiger charge is -2.23. The van der Waals surface area contributed by atoms with Crippen molar-refractivity contribution in [2.45, 2.75) is 32.5 Å². The molecule has 3 rings (SSSR count). The molecular weight excluding hydrogens is 389 g/mol. The summed E-state index contributed by atoms with van der Waals surface area (Å²) < 4.78 is 21.6. The van der Waals surface area contributed by atoms with Gasteiger partial charge in [0.25, 0.3) is 5.91 Å². The number of hydrogen-bond donors (Lipinski definition) is 4. The zero-order chi connectivity index (χ0) is 21.8. The summed E-state index contributed by atoms with van der Waals surface area (Å²) in [4.78, 5) is 16.1. The van der Waals surface area contributed by atoms with Gasteiger partial charge < -0.3 is 26.8 Å². The van der Waals surface area contributed by atoms with Crippen molar-refractivity contribution in [2.24, 2.45) is 11.5 Å². The molecule has 0 aliphatic rings. The topological polar surface area (TPSA) is 133 Å². The van der Waals surface area contributed by atoms with Gasteiger partial charge in [0, 0.05) is 30.8 Å². The predicted molar refractivity (Wildman–Crippen MR) is 114 cm³/mol. The second kappa shape index (κ2) is 9.06. The first-order valence-electron chi connectivity index (χ1n) is 9.58. The summed E-state index contributed by atoms with van der Waals surface area (Å²) in [5.41, 5.74) is 12.9. The molecule has 2 atom stereocenters. The van der Waals surface area contributed by atoms with E-state index in [4.69, 9.17) is 16.2 Å². The van der Waals surface area contributed by atoms with Gasteiger partial charge in [-0.15, -0.1) is 0 Å². The van der Waals surface area contributed by atoms with Gasteiger partial charge in [0.1, 0.15) is 5.82 Å². The molecule has 2 aromatic heterocycles. The molecule has 1 amide bonds. The van der Waals surface area contributed by atoms with Gasteiger partial charge in [0.2, 0.25) is 0 Å². The number of aryl methyl sites for hydroxylation is 1. The van der Waals surface area contributed by atoms with Crippen molar-refractivity contribution in [3.63, 3.8) is 0 Å². The molecule has 160 valence electrons. The standard InChI is InChI=1S/C20H26FN7O2/c1-4-28-17-6-5-13(7-12(17)9-24-28)25-19-14(18(23)29)8-15(21)20(27-19)26-16(10-30-3)11(2)22/h5-9,11,16H,4,10,22H2,1-3H3,(H2,23,29)(H2,25,26,27)/t11-,16+/m0/s1. The quantitative estimate of drug-likeness (QED) is 0.421. The van der Waals surface area contributed by atoms with E-state index in [1.54, 1.807) is 13.1 Å². The van der Waals surface area contributed by atoms with Crippen LogP contribution in [0.5, 0.6) is 0 Å². The number of nitrogens with one attached hydrogen (secondary N) is 2. The van der Waals surface area contributed by atoms with Crippen LogP contribution < -0.4 is 22.1 Å². The molecule has 2 heterocycles. The molecule has 0 unspecified atom stereocenters. The summed E-state index contributed by atoms with van der Waals surface area (Å²) in [6, 6.07) is 5.96. The third-order valence-electron chi connectivity index (χ3n) is 4.75. The van der Waals surface area contributed by atoms with Gasteiger partial charge in [0.05, 0.1) is 29.9 Å². The lowest BCUT2D eigenvalue weighted by molar-refractivity contribution is 0.100. The minimum Gasteiger partial charge on any atom is -0.382 e. The van der Waals surface area contributed by atoms with Gasteiger partial charge in [-0.05, 0) is 38.1 Å². The van der Waals surface area contributed by atoms with Gasteiger partial charge in [0.15, 0.2) is 11.6 Å². The number of rotatable bonds is 9. The number of methoxy groups -OCH3 is 1.